The normalized spacial score (nSPS) is 11.6. The number of nitrogens with one attached hydrogen (secondary N) is 1. The van der Waals surface area contributed by atoms with Gasteiger partial charge in [0.15, 0.2) is 0 Å². The molecule has 1 unspecified atom stereocenters. The summed E-state index contributed by atoms with van der Waals surface area (Å²) in [5.74, 6) is 2.53. The fourth-order valence-corrected chi connectivity index (χ4v) is 1.51. The number of hydrogen-bond acceptors (Lipinski definition) is 3. The van der Waals surface area contributed by atoms with Gasteiger partial charge in [-0.2, -0.15) is 5.10 Å². The second kappa shape index (κ2) is 6.12. The molecule has 17 heavy (non-hydrogen) atoms. The average Bonchev–Trinajstić information content (AvgIpc) is 2.29. The summed E-state index contributed by atoms with van der Waals surface area (Å²) >= 11 is 5.96. The number of aromatic nitrogens is 2. The van der Waals surface area contributed by atoms with Crippen molar-refractivity contribution in [2.75, 3.05) is 5.32 Å². The van der Waals surface area contributed by atoms with Gasteiger partial charge in [0.2, 0.25) is 0 Å². The molecule has 0 bridgehead atoms. The second-order valence-electron chi connectivity index (χ2n) is 3.60. The molecule has 0 spiro atoms. The summed E-state index contributed by atoms with van der Waals surface area (Å²) in [6.45, 7) is 5.78. The van der Waals surface area contributed by atoms with Crippen LogP contribution < -0.4 is 10.9 Å². The first-order chi connectivity index (χ1) is 8.10. The van der Waals surface area contributed by atoms with E-state index in [1.807, 2.05) is 6.92 Å². The third-order valence-corrected chi connectivity index (χ3v) is 2.48. The molecule has 0 amide bonds. The Morgan fingerprint density at radius 2 is 2.53 bits per heavy atom. The zero-order valence-electron chi connectivity index (χ0n) is 9.61. The Hall–Kier alpha value is -1.73. The summed E-state index contributed by atoms with van der Waals surface area (Å²) in [6.07, 6.45) is 8.84. The van der Waals surface area contributed by atoms with Gasteiger partial charge in [-0.15, -0.1) is 18.9 Å². The van der Waals surface area contributed by atoms with Gasteiger partial charge >= 0.3 is 0 Å². The van der Waals surface area contributed by atoms with E-state index in [1.54, 1.807) is 6.08 Å². The average molecular weight is 252 g/mol. The van der Waals surface area contributed by atoms with Crippen LogP contribution in [0, 0.1) is 12.3 Å². The van der Waals surface area contributed by atoms with E-state index < -0.39 is 0 Å². The Morgan fingerprint density at radius 3 is 3.12 bits per heavy atom. The zero-order chi connectivity index (χ0) is 12.8. The van der Waals surface area contributed by atoms with Crippen molar-refractivity contribution in [1.82, 2.24) is 9.78 Å². The van der Waals surface area contributed by atoms with Gasteiger partial charge in [-0.05, 0) is 6.92 Å². The molecule has 1 aromatic heterocycles. The van der Waals surface area contributed by atoms with Gasteiger partial charge in [-0.1, -0.05) is 17.7 Å². The standard InChI is InChI=1S/C12H14ClN3O/c1-4-6-9(3)15-10-8-14-16(7-5-2)12(17)11(10)13/h1,5,8-9,15H,2,6-7H2,3H3. The Balaban J connectivity index is 2.97. The maximum absolute atomic E-state index is 11.8. The molecule has 0 aromatic carbocycles. The van der Waals surface area contributed by atoms with Gasteiger partial charge in [-0.3, -0.25) is 4.79 Å². The van der Waals surface area contributed by atoms with Crippen molar-refractivity contribution in [1.29, 1.82) is 0 Å². The van der Waals surface area contributed by atoms with Crippen molar-refractivity contribution in [2.45, 2.75) is 25.9 Å². The predicted molar refractivity (Wildman–Crippen MR) is 70.2 cm³/mol. The van der Waals surface area contributed by atoms with Gasteiger partial charge in [0.05, 0.1) is 18.4 Å². The van der Waals surface area contributed by atoms with Crippen molar-refractivity contribution in [2.24, 2.45) is 0 Å². The van der Waals surface area contributed by atoms with Crippen LogP contribution in [0.4, 0.5) is 5.69 Å². The van der Waals surface area contributed by atoms with E-state index >= 15 is 0 Å². The highest BCUT2D eigenvalue weighted by Crippen LogP contribution is 2.16. The summed E-state index contributed by atoms with van der Waals surface area (Å²) in [7, 11) is 0. The molecule has 1 rings (SSSR count). The maximum atomic E-state index is 11.8. The van der Waals surface area contributed by atoms with Gasteiger partial charge in [0, 0.05) is 12.5 Å². The summed E-state index contributed by atoms with van der Waals surface area (Å²) in [5.41, 5.74) is 0.157. The van der Waals surface area contributed by atoms with Crippen LogP contribution in [0.1, 0.15) is 13.3 Å². The molecular weight excluding hydrogens is 238 g/mol. The van der Waals surface area contributed by atoms with E-state index in [0.717, 1.165) is 0 Å². The van der Waals surface area contributed by atoms with Crippen LogP contribution in [0.25, 0.3) is 0 Å². The summed E-state index contributed by atoms with van der Waals surface area (Å²) < 4.78 is 1.24. The molecule has 90 valence electrons. The Labute approximate surface area is 105 Å². The molecule has 4 nitrogen and oxygen atoms in total. The van der Waals surface area contributed by atoms with Crippen molar-refractivity contribution in [3.05, 3.63) is 34.2 Å². The zero-order valence-corrected chi connectivity index (χ0v) is 10.4. The van der Waals surface area contributed by atoms with Gasteiger partial charge in [-0.25, -0.2) is 4.68 Å². The predicted octanol–water partition coefficient (Wildman–Crippen LogP) is 1.91. The molecule has 1 aromatic rings. The van der Waals surface area contributed by atoms with E-state index in [2.05, 4.69) is 22.9 Å². The third-order valence-electron chi connectivity index (χ3n) is 2.11. The molecule has 0 radical (unpaired) electrons. The van der Waals surface area contributed by atoms with E-state index in [-0.39, 0.29) is 16.6 Å². The fourth-order valence-electron chi connectivity index (χ4n) is 1.31. The number of terminal acetylenes is 1. The molecule has 0 aliphatic carbocycles. The molecule has 1 heterocycles. The second-order valence-corrected chi connectivity index (χ2v) is 3.98. The third kappa shape index (κ3) is 3.36. The number of rotatable bonds is 5. The lowest BCUT2D eigenvalue weighted by atomic mass is 10.2. The lowest BCUT2D eigenvalue weighted by Gasteiger charge is -2.13. The molecule has 0 saturated heterocycles. The first-order valence-corrected chi connectivity index (χ1v) is 5.54. The topological polar surface area (TPSA) is 46.9 Å². The Bertz CT molecular complexity index is 501. The van der Waals surface area contributed by atoms with Crippen LogP contribution in [0.5, 0.6) is 0 Å². The molecule has 1 atom stereocenters. The van der Waals surface area contributed by atoms with Gasteiger partial charge in [0.25, 0.3) is 5.56 Å². The molecule has 5 heteroatoms. The summed E-state index contributed by atoms with van der Waals surface area (Å²) in [4.78, 5) is 11.8. The number of nitrogens with zero attached hydrogens (tertiary/aromatic N) is 2. The van der Waals surface area contributed by atoms with Crippen molar-refractivity contribution < 1.29 is 0 Å². The molecule has 0 aliphatic rings. The minimum Gasteiger partial charge on any atom is -0.379 e. The highest BCUT2D eigenvalue weighted by atomic mass is 35.5. The monoisotopic (exact) mass is 251 g/mol. The van der Waals surface area contributed by atoms with Gasteiger partial charge < -0.3 is 5.32 Å². The first kappa shape index (κ1) is 13.3. The van der Waals surface area contributed by atoms with E-state index in [0.29, 0.717) is 18.7 Å². The van der Waals surface area contributed by atoms with E-state index in [9.17, 15) is 4.79 Å². The number of anilines is 1. The molecule has 0 saturated carbocycles. The lowest BCUT2D eigenvalue weighted by molar-refractivity contribution is 0.651. The van der Waals surface area contributed by atoms with Crippen LogP contribution in [-0.4, -0.2) is 15.8 Å². The minimum atomic E-state index is -0.343. The van der Waals surface area contributed by atoms with Gasteiger partial charge in [0.1, 0.15) is 5.02 Å². The molecular formula is C12H14ClN3O. The van der Waals surface area contributed by atoms with Crippen molar-refractivity contribution in [3.63, 3.8) is 0 Å². The molecule has 1 N–H and O–H groups in total. The van der Waals surface area contributed by atoms with E-state index in [1.165, 1.54) is 10.9 Å². The van der Waals surface area contributed by atoms with Crippen LogP contribution >= 0.6 is 11.6 Å². The lowest BCUT2D eigenvalue weighted by Crippen LogP contribution is -2.25. The molecule has 0 aliphatic heterocycles. The summed E-state index contributed by atoms with van der Waals surface area (Å²) in [6, 6.07) is 0.0361. The molecule has 0 fully saturated rings. The van der Waals surface area contributed by atoms with Crippen molar-refractivity contribution in [3.8, 4) is 12.3 Å². The maximum Gasteiger partial charge on any atom is 0.287 e. The SMILES string of the molecule is C#CCC(C)Nc1cnn(CC=C)c(=O)c1Cl. The Kier molecular flexibility index (Phi) is 4.80. The Morgan fingerprint density at radius 1 is 1.82 bits per heavy atom. The quantitative estimate of drug-likeness (QED) is 0.642. The van der Waals surface area contributed by atoms with Crippen LogP contribution in [0.3, 0.4) is 0 Å². The highest BCUT2D eigenvalue weighted by Gasteiger charge is 2.10. The first-order valence-electron chi connectivity index (χ1n) is 5.16. The van der Waals surface area contributed by atoms with Crippen LogP contribution in [0.2, 0.25) is 5.02 Å². The van der Waals surface area contributed by atoms with E-state index in [4.69, 9.17) is 18.0 Å². The fraction of sp³-hybridized carbons (Fsp3) is 0.333. The van der Waals surface area contributed by atoms with Crippen molar-refractivity contribution >= 4 is 17.3 Å². The minimum absolute atomic E-state index is 0.0361. The van der Waals surface area contributed by atoms with Crippen LogP contribution in [0.15, 0.2) is 23.6 Å². The summed E-state index contributed by atoms with van der Waals surface area (Å²) in [5, 5.41) is 7.14. The number of hydrogen-bond donors (Lipinski definition) is 1. The smallest absolute Gasteiger partial charge is 0.287 e. The largest absolute Gasteiger partial charge is 0.379 e. The number of allylic oxidation sites excluding steroid dienone is 1. The number of halogens is 1. The highest BCUT2D eigenvalue weighted by molar-refractivity contribution is 6.32. The van der Waals surface area contributed by atoms with Crippen LogP contribution in [-0.2, 0) is 6.54 Å².